The molecule has 0 radical (unpaired) electrons. The Bertz CT molecular complexity index is 500. The number of rotatable bonds is 3. The number of hydrogen-bond donors (Lipinski definition) is 1. The number of aliphatic hydroxyl groups is 1. The van der Waals surface area contributed by atoms with E-state index < -0.39 is 0 Å². The Kier molecular flexibility index (Phi) is 3.97. The maximum atomic E-state index is 8.89. The molecule has 2 nitrogen and oxygen atoms in total. The van der Waals surface area contributed by atoms with Gasteiger partial charge in [0.05, 0.1) is 0 Å². The van der Waals surface area contributed by atoms with E-state index in [4.69, 9.17) is 16.7 Å². The van der Waals surface area contributed by atoms with Gasteiger partial charge in [0.2, 0.25) is 0 Å². The third-order valence-corrected chi connectivity index (χ3v) is 4.36. The second kappa shape index (κ2) is 5.27. The number of thiazole rings is 1. The first-order valence-corrected chi connectivity index (χ1v) is 6.72. The monoisotopic (exact) mass is 317 g/mol. The molecule has 1 aromatic carbocycles. The third-order valence-electron chi connectivity index (χ3n) is 2.09. The molecule has 0 spiro atoms. The van der Waals surface area contributed by atoms with Crippen molar-refractivity contribution < 1.29 is 5.11 Å². The highest BCUT2D eigenvalue weighted by atomic mass is 79.9. The number of benzene rings is 1. The molecule has 2 rings (SSSR count). The largest absolute Gasteiger partial charge is 0.396 e. The fourth-order valence-electron chi connectivity index (χ4n) is 1.34. The summed E-state index contributed by atoms with van der Waals surface area (Å²) >= 11 is 11.0. The zero-order valence-electron chi connectivity index (χ0n) is 8.28. The lowest BCUT2D eigenvalue weighted by Crippen LogP contribution is -1.86. The molecule has 0 saturated carbocycles. The summed E-state index contributed by atoms with van der Waals surface area (Å²) in [6.07, 6.45) is 0.557. The van der Waals surface area contributed by atoms with E-state index in [0.717, 1.165) is 19.9 Å². The molecule has 0 atom stereocenters. The highest BCUT2D eigenvalue weighted by Crippen LogP contribution is 2.34. The van der Waals surface area contributed by atoms with E-state index in [1.54, 1.807) is 0 Å². The van der Waals surface area contributed by atoms with Crippen LogP contribution in [0.15, 0.2) is 28.7 Å². The maximum absolute atomic E-state index is 8.89. The van der Waals surface area contributed by atoms with Crippen molar-refractivity contribution in [2.45, 2.75) is 6.42 Å². The Labute approximate surface area is 111 Å². The van der Waals surface area contributed by atoms with Gasteiger partial charge in [-0.3, -0.25) is 0 Å². The maximum Gasteiger partial charge on any atom is 0.143 e. The molecule has 0 saturated heterocycles. The van der Waals surface area contributed by atoms with Crippen LogP contribution in [0.3, 0.4) is 0 Å². The Morgan fingerprint density at radius 1 is 1.38 bits per heavy atom. The fourth-order valence-corrected chi connectivity index (χ4v) is 3.27. The van der Waals surface area contributed by atoms with Crippen LogP contribution >= 0.6 is 38.9 Å². The molecule has 0 aliphatic heterocycles. The summed E-state index contributed by atoms with van der Waals surface area (Å²) in [5.74, 6) is 0. The molecule has 0 amide bonds. The van der Waals surface area contributed by atoms with Crippen LogP contribution in [0.2, 0.25) is 5.15 Å². The molecule has 16 heavy (non-hydrogen) atoms. The SMILES string of the molecule is OCCc1sc(-c2ccccc2Br)nc1Cl. The summed E-state index contributed by atoms with van der Waals surface area (Å²) in [5.41, 5.74) is 1.03. The molecule has 0 aliphatic carbocycles. The zero-order valence-corrected chi connectivity index (χ0v) is 11.4. The number of aliphatic hydroxyl groups excluding tert-OH is 1. The van der Waals surface area contributed by atoms with Crippen molar-refractivity contribution in [3.05, 3.63) is 38.8 Å². The molecule has 0 bridgehead atoms. The normalized spacial score (nSPS) is 10.7. The van der Waals surface area contributed by atoms with Crippen LogP contribution in [-0.4, -0.2) is 16.7 Å². The highest BCUT2D eigenvalue weighted by molar-refractivity contribution is 9.10. The summed E-state index contributed by atoms with van der Waals surface area (Å²) in [7, 11) is 0. The molecule has 0 unspecified atom stereocenters. The Hall–Kier alpha value is -0.420. The van der Waals surface area contributed by atoms with Gasteiger partial charge in [-0.25, -0.2) is 4.98 Å². The van der Waals surface area contributed by atoms with Crippen LogP contribution in [0.1, 0.15) is 4.88 Å². The number of hydrogen-bond acceptors (Lipinski definition) is 3. The molecule has 1 heterocycles. The minimum atomic E-state index is 0.0946. The van der Waals surface area contributed by atoms with Gasteiger partial charge in [0.1, 0.15) is 10.2 Å². The van der Waals surface area contributed by atoms with Crippen LogP contribution < -0.4 is 0 Å². The van der Waals surface area contributed by atoms with Crippen molar-refractivity contribution in [1.29, 1.82) is 0 Å². The van der Waals surface area contributed by atoms with Crippen molar-refractivity contribution in [3.63, 3.8) is 0 Å². The minimum Gasteiger partial charge on any atom is -0.396 e. The summed E-state index contributed by atoms with van der Waals surface area (Å²) in [6.45, 7) is 0.0946. The van der Waals surface area contributed by atoms with Gasteiger partial charge in [-0.15, -0.1) is 11.3 Å². The van der Waals surface area contributed by atoms with Gasteiger partial charge >= 0.3 is 0 Å². The topological polar surface area (TPSA) is 33.1 Å². The van der Waals surface area contributed by atoms with Crippen molar-refractivity contribution in [1.82, 2.24) is 4.98 Å². The van der Waals surface area contributed by atoms with E-state index in [2.05, 4.69) is 20.9 Å². The summed E-state index contributed by atoms with van der Waals surface area (Å²) in [6, 6.07) is 7.87. The van der Waals surface area contributed by atoms with E-state index in [1.165, 1.54) is 11.3 Å². The lowest BCUT2D eigenvalue weighted by Gasteiger charge is -1.98. The van der Waals surface area contributed by atoms with Crippen molar-refractivity contribution in [2.75, 3.05) is 6.61 Å². The average molecular weight is 319 g/mol. The standard InChI is InChI=1S/C11H9BrClNOS/c12-8-4-2-1-3-7(8)11-14-10(13)9(16-11)5-6-15/h1-4,15H,5-6H2. The predicted octanol–water partition coefficient (Wildman–Crippen LogP) is 3.76. The first kappa shape index (κ1) is 12.0. The summed E-state index contributed by atoms with van der Waals surface area (Å²) < 4.78 is 0.996. The fraction of sp³-hybridized carbons (Fsp3) is 0.182. The lowest BCUT2D eigenvalue weighted by molar-refractivity contribution is 0.300. The molecule has 1 N–H and O–H groups in total. The first-order valence-electron chi connectivity index (χ1n) is 4.73. The van der Waals surface area contributed by atoms with Crippen LogP contribution in [0.25, 0.3) is 10.6 Å². The van der Waals surface area contributed by atoms with Crippen LogP contribution in [-0.2, 0) is 6.42 Å². The van der Waals surface area contributed by atoms with E-state index in [0.29, 0.717) is 11.6 Å². The molecule has 0 aliphatic rings. The molecular weight excluding hydrogens is 310 g/mol. The van der Waals surface area contributed by atoms with E-state index >= 15 is 0 Å². The zero-order chi connectivity index (χ0) is 11.5. The summed E-state index contributed by atoms with van der Waals surface area (Å²) in [5, 5.41) is 10.3. The Balaban J connectivity index is 2.42. The minimum absolute atomic E-state index is 0.0946. The van der Waals surface area contributed by atoms with E-state index in [-0.39, 0.29) is 6.61 Å². The molecular formula is C11H9BrClNOS. The number of nitrogens with zero attached hydrogens (tertiary/aromatic N) is 1. The van der Waals surface area contributed by atoms with Gasteiger partial charge in [-0.1, -0.05) is 45.7 Å². The molecule has 0 fully saturated rings. The second-order valence-electron chi connectivity index (χ2n) is 3.19. The molecule has 2 aromatic rings. The van der Waals surface area contributed by atoms with E-state index in [9.17, 15) is 0 Å². The van der Waals surface area contributed by atoms with Gasteiger partial charge in [-0.05, 0) is 6.07 Å². The van der Waals surface area contributed by atoms with Crippen molar-refractivity contribution >= 4 is 38.9 Å². The molecule has 84 valence electrons. The van der Waals surface area contributed by atoms with Crippen molar-refractivity contribution in [3.8, 4) is 10.6 Å². The summed E-state index contributed by atoms with van der Waals surface area (Å²) in [4.78, 5) is 5.23. The predicted molar refractivity (Wildman–Crippen MR) is 71.0 cm³/mol. The van der Waals surface area contributed by atoms with Gasteiger partial charge in [-0.2, -0.15) is 0 Å². The smallest absolute Gasteiger partial charge is 0.143 e. The lowest BCUT2D eigenvalue weighted by atomic mass is 10.2. The van der Waals surface area contributed by atoms with Crippen LogP contribution in [0.5, 0.6) is 0 Å². The Morgan fingerprint density at radius 2 is 2.12 bits per heavy atom. The highest BCUT2D eigenvalue weighted by Gasteiger charge is 2.12. The third kappa shape index (κ3) is 2.46. The first-order chi connectivity index (χ1) is 7.72. The Morgan fingerprint density at radius 3 is 2.81 bits per heavy atom. The van der Waals surface area contributed by atoms with Crippen LogP contribution in [0.4, 0.5) is 0 Å². The van der Waals surface area contributed by atoms with Gasteiger partial charge in [0.15, 0.2) is 0 Å². The van der Waals surface area contributed by atoms with Crippen molar-refractivity contribution in [2.24, 2.45) is 0 Å². The van der Waals surface area contributed by atoms with Gasteiger partial charge < -0.3 is 5.11 Å². The van der Waals surface area contributed by atoms with E-state index in [1.807, 2.05) is 24.3 Å². The van der Waals surface area contributed by atoms with Gasteiger partial charge in [0, 0.05) is 27.9 Å². The molecule has 1 aromatic heterocycles. The van der Waals surface area contributed by atoms with Gasteiger partial charge in [0.25, 0.3) is 0 Å². The number of aromatic nitrogens is 1. The molecule has 5 heteroatoms. The quantitative estimate of drug-likeness (QED) is 0.934. The second-order valence-corrected chi connectivity index (χ2v) is 5.48. The average Bonchev–Trinajstić information content (AvgIpc) is 2.61. The number of halogens is 2. The van der Waals surface area contributed by atoms with Crippen LogP contribution in [0, 0.1) is 0 Å².